The third-order valence-electron chi connectivity index (χ3n) is 9.66. The fourth-order valence-corrected chi connectivity index (χ4v) is 8.62. The molecule has 1 aromatic heterocycles. The van der Waals surface area contributed by atoms with Crippen molar-refractivity contribution in [1.82, 2.24) is 0 Å². The molecule has 7 aromatic carbocycles. The van der Waals surface area contributed by atoms with E-state index in [4.69, 9.17) is 0 Å². The van der Waals surface area contributed by atoms with Gasteiger partial charge in [-0.15, -0.1) is 11.3 Å². The SMILES string of the molecule is CC1(C)c2ccccc2-c2c(N(c3ccc(-c4ccc5ccccc5c4)cc3)c3cccc4c3sc3ccccc34)cccc21. The molecule has 0 unspecified atom stereocenters. The van der Waals surface area contributed by atoms with Crippen molar-refractivity contribution < 1.29 is 0 Å². The number of benzene rings is 7. The first kappa shape index (κ1) is 26.2. The minimum Gasteiger partial charge on any atom is -0.308 e. The number of rotatable bonds is 4. The van der Waals surface area contributed by atoms with Crippen molar-refractivity contribution in [2.24, 2.45) is 0 Å². The van der Waals surface area contributed by atoms with Gasteiger partial charge >= 0.3 is 0 Å². The summed E-state index contributed by atoms with van der Waals surface area (Å²) >= 11 is 1.88. The van der Waals surface area contributed by atoms with Crippen molar-refractivity contribution in [1.29, 1.82) is 0 Å². The maximum atomic E-state index is 2.50. The lowest BCUT2D eigenvalue weighted by Crippen LogP contribution is -2.16. The first-order valence-corrected chi connectivity index (χ1v) is 16.4. The van der Waals surface area contributed by atoms with E-state index in [1.54, 1.807) is 0 Å². The number of thiophene rings is 1. The van der Waals surface area contributed by atoms with Crippen LogP contribution in [0, 0.1) is 0 Å². The van der Waals surface area contributed by atoms with Gasteiger partial charge in [-0.3, -0.25) is 0 Å². The molecule has 1 aliphatic rings. The number of hydrogen-bond acceptors (Lipinski definition) is 2. The summed E-state index contributed by atoms with van der Waals surface area (Å²) in [6.07, 6.45) is 0. The van der Waals surface area contributed by atoms with Crippen molar-refractivity contribution in [3.63, 3.8) is 0 Å². The molecule has 0 radical (unpaired) electrons. The Hall–Kier alpha value is -5.18. The van der Waals surface area contributed by atoms with Gasteiger partial charge in [-0.25, -0.2) is 0 Å². The molecular formula is C43H31NS. The summed E-state index contributed by atoms with van der Waals surface area (Å²) in [5, 5.41) is 5.15. The molecule has 0 atom stereocenters. The predicted molar refractivity (Wildman–Crippen MR) is 195 cm³/mol. The Labute approximate surface area is 267 Å². The van der Waals surface area contributed by atoms with E-state index in [9.17, 15) is 0 Å². The first-order valence-electron chi connectivity index (χ1n) is 15.6. The third kappa shape index (κ3) is 3.99. The summed E-state index contributed by atoms with van der Waals surface area (Å²) in [5.74, 6) is 0. The van der Waals surface area contributed by atoms with Gasteiger partial charge in [-0.05, 0) is 75.0 Å². The topological polar surface area (TPSA) is 3.24 Å². The normalized spacial score (nSPS) is 13.3. The van der Waals surface area contributed by atoms with Crippen LogP contribution in [0.4, 0.5) is 17.1 Å². The van der Waals surface area contributed by atoms with Crippen molar-refractivity contribution in [2.75, 3.05) is 4.90 Å². The zero-order valence-electron chi connectivity index (χ0n) is 25.3. The molecule has 1 aliphatic carbocycles. The van der Waals surface area contributed by atoms with Crippen LogP contribution in [-0.4, -0.2) is 0 Å². The van der Waals surface area contributed by atoms with Gasteiger partial charge in [0.25, 0.3) is 0 Å². The molecule has 0 aliphatic heterocycles. The van der Waals surface area contributed by atoms with E-state index < -0.39 is 0 Å². The van der Waals surface area contributed by atoms with Crippen LogP contribution in [0.25, 0.3) is 53.2 Å². The highest BCUT2D eigenvalue weighted by atomic mass is 32.1. The summed E-state index contributed by atoms with van der Waals surface area (Å²) in [5.41, 5.74) is 11.4. The fourth-order valence-electron chi connectivity index (χ4n) is 7.41. The molecule has 0 bridgehead atoms. The molecule has 9 rings (SSSR count). The van der Waals surface area contributed by atoms with Crippen LogP contribution in [0.5, 0.6) is 0 Å². The van der Waals surface area contributed by atoms with E-state index >= 15 is 0 Å². The molecule has 0 spiro atoms. The highest BCUT2D eigenvalue weighted by molar-refractivity contribution is 7.26. The zero-order valence-corrected chi connectivity index (χ0v) is 26.1. The molecule has 0 N–H and O–H groups in total. The summed E-state index contributed by atoms with van der Waals surface area (Å²) < 4.78 is 2.62. The Morgan fingerprint density at radius 3 is 2.07 bits per heavy atom. The monoisotopic (exact) mass is 593 g/mol. The molecule has 8 aromatic rings. The van der Waals surface area contributed by atoms with E-state index in [0.717, 1.165) is 5.69 Å². The van der Waals surface area contributed by atoms with Crippen molar-refractivity contribution in [2.45, 2.75) is 19.3 Å². The van der Waals surface area contributed by atoms with E-state index in [-0.39, 0.29) is 5.41 Å². The minimum atomic E-state index is -0.0723. The van der Waals surface area contributed by atoms with Crippen LogP contribution in [0.2, 0.25) is 0 Å². The smallest absolute Gasteiger partial charge is 0.0640 e. The van der Waals surface area contributed by atoms with Crippen molar-refractivity contribution >= 4 is 59.3 Å². The lowest BCUT2D eigenvalue weighted by atomic mass is 9.82. The number of hydrogen-bond donors (Lipinski definition) is 0. The fraction of sp³-hybridized carbons (Fsp3) is 0.0698. The van der Waals surface area contributed by atoms with Gasteiger partial charge < -0.3 is 4.90 Å². The van der Waals surface area contributed by atoms with Gasteiger partial charge in [0.05, 0.1) is 16.1 Å². The molecule has 0 amide bonds. The number of nitrogens with zero attached hydrogens (tertiary/aromatic N) is 1. The second-order valence-corrected chi connectivity index (χ2v) is 13.6. The van der Waals surface area contributed by atoms with Crippen LogP contribution in [-0.2, 0) is 5.41 Å². The molecule has 1 heterocycles. The van der Waals surface area contributed by atoms with E-state index in [0.29, 0.717) is 0 Å². The Morgan fingerprint density at radius 2 is 1.18 bits per heavy atom. The van der Waals surface area contributed by atoms with Crippen LogP contribution < -0.4 is 4.90 Å². The molecule has 214 valence electrons. The molecule has 1 nitrogen and oxygen atoms in total. The van der Waals surface area contributed by atoms with Gasteiger partial charge in [0.2, 0.25) is 0 Å². The average molecular weight is 594 g/mol. The maximum absolute atomic E-state index is 2.50. The number of fused-ring (bicyclic) bond motifs is 7. The first-order chi connectivity index (χ1) is 22.1. The van der Waals surface area contributed by atoms with Crippen LogP contribution in [0.3, 0.4) is 0 Å². The second kappa shape index (κ2) is 9.92. The molecular weight excluding hydrogens is 563 g/mol. The lowest BCUT2D eigenvalue weighted by Gasteiger charge is -2.29. The Kier molecular flexibility index (Phi) is 5.78. The van der Waals surface area contributed by atoms with E-state index in [1.165, 1.54) is 75.7 Å². The molecule has 0 saturated carbocycles. The summed E-state index contributed by atoms with van der Waals surface area (Å²) in [4.78, 5) is 2.50. The highest BCUT2D eigenvalue weighted by Gasteiger charge is 2.37. The molecule has 2 heteroatoms. The predicted octanol–water partition coefficient (Wildman–Crippen LogP) is 12.7. The van der Waals surface area contributed by atoms with Crippen molar-refractivity contribution in [3.8, 4) is 22.3 Å². The Balaban J connectivity index is 1.28. The lowest BCUT2D eigenvalue weighted by molar-refractivity contribution is 0.660. The summed E-state index contributed by atoms with van der Waals surface area (Å²) in [6.45, 7) is 4.72. The summed E-state index contributed by atoms with van der Waals surface area (Å²) in [6, 6.07) is 55.8. The van der Waals surface area contributed by atoms with Gasteiger partial charge in [0, 0.05) is 32.1 Å². The minimum absolute atomic E-state index is 0.0723. The van der Waals surface area contributed by atoms with Crippen LogP contribution in [0.1, 0.15) is 25.0 Å². The number of anilines is 3. The maximum Gasteiger partial charge on any atom is 0.0640 e. The largest absolute Gasteiger partial charge is 0.308 e. The Bertz CT molecular complexity index is 2410. The third-order valence-corrected chi connectivity index (χ3v) is 10.9. The molecule has 0 fully saturated rings. The highest BCUT2D eigenvalue weighted by Crippen LogP contribution is 2.55. The zero-order chi connectivity index (χ0) is 30.1. The van der Waals surface area contributed by atoms with Gasteiger partial charge in [-0.1, -0.05) is 129 Å². The molecule has 0 saturated heterocycles. The quantitative estimate of drug-likeness (QED) is 0.196. The van der Waals surface area contributed by atoms with Crippen LogP contribution >= 0.6 is 11.3 Å². The second-order valence-electron chi connectivity index (χ2n) is 12.6. The Morgan fingerprint density at radius 1 is 0.511 bits per heavy atom. The van der Waals surface area contributed by atoms with Gasteiger partial charge in [-0.2, -0.15) is 0 Å². The van der Waals surface area contributed by atoms with E-state index in [2.05, 4.69) is 170 Å². The van der Waals surface area contributed by atoms with Crippen LogP contribution in [0.15, 0.2) is 152 Å². The van der Waals surface area contributed by atoms with Crippen molar-refractivity contribution in [3.05, 3.63) is 163 Å². The standard InChI is InChI=1S/C43H31NS/c1-43(2)36-16-7-5-14-35(36)41-37(43)17-10-18-38(41)44(39-19-9-15-34-33-13-6-8-20-40(33)45-42(34)39)32-25-23-29(24-26-32)31-22-21-28-11-3-4-12-30(28)27-31/h3-27H,1-2H3. The summed E-state index contributed by atoms with van der Waals surface area (Å²) in [7, 11) is 0. The van der Waals surface area contributed by atoms with E-state index in [1.807, 2.05) is 11.3 Å². The average Bonchev–Trinajstić information content (AvgIpc) is 3.58. The molecule has 45 heavy (non-hydrogen) atoms. The van der Waals surface area contributed by atoms with Gasteiger partial charge in [0.15, 0.2) is 0 Å². The van der Waals surface area contributed by atoms with Gasteiger partial charge in [0.1, 0.15) is 0 Å².